The number of hydrogen-bond acceptors (Lipinski definition) is 1. The first-order chi connectivity index (χ1) is 10.7. The second kappa shape index (κ2) is 7.93. The Morgan fingerprint density at radius 3 is 2.52 bits per heavy atom. The number of pyridine rings is 1. The van der Waals surface area contributed by atoms with Crippen molar-refractivity contribution in [3.05, 3.63) is 70.3 Å². The van der Waals surface area contributed by atoms with Gasteiger partial charge in [-0.1, -0.05) is 18.2 Å². The highest BCUT2D eigenvalue weighted by molar-refractivity contribution is 9.10. The molecule has 2 nitrogen and oxygen atoms in total. The summed E-state index contributed by atoms with van der Waals surface area (Å²) >= 11 is 3.52. The number of halogens is 2. The summed E-state index contributed by atoms with van der Waals surface area (Å²) in [4.78, 5) is 0. The van der Waals surface area contributed by atoms with Crippen LogP contribution in [0.5, 0.6) is 5.75 Å². The molecule has 0 bridgehead atoms. The number of aryl methyl sites for hydroxylation is 1. The third kappa shape index (κ3) is 3.93. The van der Waals surface area contributed by atoms with Crippen LogP contribution in [-0.2, 0) is 7.05 Å². The molecule has 3 rings (SSSR count). The van der Waals surface area contributed by atoms with Crippen molar-refractivity contribution in [1.29, 1.82) is 0 Å². The summed E-state index contributed by atoms with van der Waals surface area (Å²) in [6.07, 6.45) is 4.23. The molecule has 3 aromatic rings. The number of rotatable bonds is 3. The Morgan fingerprint density at radius 2 is 1.78 bits per heavy atom. The lowest BCUT2D eigenvalue weighted by atomic mass is 10.1. The Kier molecular flexibility index (Phi) is 6.18. The van der Waals surface area contributed by atoms with Gasteiger partial charge in [-0.2, -0.15) is 4.57 Å². The van der Waals surface area contributed by atoms with Gasteiger partial charge in [0.2, 0.25) is 11.2 Å². The van der Waals surface area contributed by atoms with E-state index < -0.39 is 0 Å². The third-order valence-electron chi connectivity index (χ3n) is 3.74. The Morgan fingerprint density at radius 1 is 1.00 bits per heavy atom. The second-order valence-corrected chi connectivity index (χ2v) is 5.96. The number of benzene rings is 2. The molecule has 0 amide bonds. The van der Waals surface area contributed by atoms with Gasteiger partial charge >= 0.3 is 0 Å². The highest BCUT2D eigenvalue weighted by Crippen LogP contribution is 2.26. The Bertz CT molecular complexity index is 861. The van der Waals surface area contributed by atoms with Crippen molar-refractivity contribution in [3.63, 3.8) is 0 Å². The SMILES string of the molecule is COc1ccc(/C=C/c2ccc3ccccc3[n+]2C)cc1Br.[I-]. The average molecular weight is 482 g/mol. The van der Waals surface area contributed by atoms with Gasteiger partial charge < -0.3 is 28.7 Å². The number of fused-ring (bicyclic) bond motifs is 1. The van der Waals surface area contributed by atoms with E-state index in [1.165, 1.54) is 10.9 Å². The van der Waals surface area contributed by atoms with Crippen LogP contribution in [0.3, 0.4) is 0 Å². The lowest BCUT2D eigenvalue weighted by Crippen LogP contribution is -3.00. The lowest BCUT2D eigenvalue weighted by Gasteiger charge is -2.03. The first kappa shape index (κ1) is 17.9. The second-order valence-electron chi connectivity index (χ2n) is 5.10. The molecule has 4 heteroatoms. The number of ether oxygens (including phenoxy) is 1. The molecule has 0 fully saturated rings. The van der Waals surface area contributed by atoms with Crippen molar-refractivity contribution in [2.75, 3.05) is 7.11 Å². The molecular formula is C19H17BrINO. The smallest absolute Gasteiger partial charge is 0.212 e. The normalized spacial score (nSPS) is 10.7. The molecule has 0 spiro atoms. The van der Waals surface area contributed by atoms with Gasteiger partial charge in [-0.25, -0.2) is 0 Å². The van der Waals surface area contributed by atoms with Crippen LogP contribution in [0.2, 0.25) is 0 Å². The summed E-state index contributed by atoms with van der Waals surface area (Å²) in [5.74, 6) is 0.841. The fourth-order valence-corrected chi connectivity index (χ4v) is 3.05. The van der Waals surface area contributed by atoms with Gasteiger partial charge in [-0.05, 0) is 51.8 Å². The fraction of sp³-hybridized carbons (Fsp3) is 0.105. The third-order valence-corrected chi connectivity index (χ3v) is 4.36. The van der Waals surface area contributed by atoms with E-state index in [1.54, 1.807) is 7.11 Å². The summed E-state index contributed by atoms with van der Waals surface area (Å²) in [6.45, 7) is 0. The molecular weight excluding hydrogens is 465 g/mol. The van der Waals surface area contributed by atoms with Crippen LogP contribution in [0, 0.1) is 0 Å². The zero-order valence-corrected chi connectivity index (χ0v) is 16.7. The molecule has 0 unspecified atom stereocenters. The zero-order chi connectivity index (χ0) is 15.5. The number of aromatic nitrogens is 1. The van der Waals surface area contributed by atoms with Crippen molar-refractivity contribution in [3.8, 4) is 5.75 Å². The molecule has 0 aliphatic heterocycles. The maximum Gasteiger partial charge on any atom is 0.212 e. The Balaban J connectivity index is 0.00000192. The molecule has 2 aromatic carbocycles. The first-order valence-corrected chi connectivity index (χ1v) is 7.88. The van der Waals surface area contributed by atoms with Crippen molar-refractivity contribution < 1.29 is 33.3 Å². The number of nitrogens with zero attached hydrogens (tertiary/aromatic N) is 1. The molecule has 0 aliphatic carbocycles. The van der Waals surface area contributed by atoms with E-state index in [-0.39, 0.29) is 24.0 Å². The highest BCUT2D eigenvalue weighted by Gasteiger charge is 2.08. The molecule has 0 aliphatic rings. The minimum absolute atomic E-state index is 0. The molecule has 118 valence electrons. The Hall–Kier alpha value is -1.40. The van der Waals surface area contributed by atoms with Crippen molar-refractivity contribution in [2.24, 2.45) is 7.05 Å². The van der Waals surface area contributed by atoms with E-state index in [0.29, 0.717) is 0 Å². The molecule has 1 heterocycles. The van der Waals surface area contributed by atoms with Crippen LogP contribution in [0.4, 0.5) is 0 Å². The van der Waals surface area contributed by atoms with E-state index in [0.717, 1.165) is 21.5 Å². The molecule has 0 radical (unpaired) electrons. The minimum Gasteiger partial charge on any atom is -1.00 e. The molecule has 0 saturated carbocycles. The van der Waals surface area contributed by atoms with Gasteiger partial charge in [-0.3, -0.25) is 0 Å². The summed E-state index contributed by atoms with van der Waals surface area (Å²) in [5, 5.41) is 1.24. The zero-order valence-electron chi connectivity index (χ0n) is 13.0. The van der Waals surface area contributed by atoms with Gasteiger partial charge in [0.1, 0.15) is 12.8 Å². The van der Waals surface area contributed by atoms with Gasteiger partial charge in [-0.15, -0.1) is 0 Å². The highest BCUT2D eigenvalue weighted by atomic mass is 127. The average Bonchev–Trinajstić information content (AvgIpc) is 2.55. The van der Waals surface area contributed by atoms with Crippen LogP contribution in [-0.4, -0.2) is 7.11 Å². The van der Waals surface area contributed by atoms with Gasteiger partial charge in [0.15, 0.2) is 0 Å². The monoisotopic (exact) mass is 481 g/mol. The summed E-state index contributed by atoms with van der Waals surface area (Å²) in [7, 11) is 3.76. The van der Waals surface area contributed by atoms with E-state index in [9.17, 15) is 0 Å². The molecule has 0 N–H and O–H groups in total. The van der Waals surface area contributed by atoms with Gasteiger partial charge in [0.25, 0.3) is 0 Å². The predicted molar refractivity (Wildman–Crippen MR) is 94.7 cm³/mol. The lowest BCUT2D eigenvalue weighted by molar-refractivity contribution is -0.646. The minimum atomic E-state index is 0. The first-order valence-electron chi connectivity index (χ1n) is 7.08. The molecule has 1 aromatic heterocycles. The van der Waals surface area contributed by atoms with E-state index in [1.807, 2.05) is 12.1 Å². The van der Waals surface area contributed by atoms with Crippen LogP contribution in [0.15, 0.2) is 59.1 Å². The van der Waals surface area contributed by atoms with Crippen LogP contribution in [0.1, 0.15) is 11.3 Å². The van der Waals surface area contributed by atoms with E-state index in [2.05, 4.69) is 82.2 Å². The standard InChI is InChI=1S/C19H17BrNO.HI/c1-21-16(11-9-15-5-3-4-6-18(15)21)10-7-14-8-12-19(22-2)17(20)13-14;/h3-13H,1-2H3;1H/q+1;/p-1/b10-7+;. The Labute approximate surface area is 161 Å². The largest absolute Gasteiger partial charge is 1.00 e. The summed E-state index contributed by atoms with van der Waals surface area (Å²) in [5.41, 5.74) is 3.51. The number of hydrogen-bond donors (Lipinski definition) is 0. The van der Waals surface area contributed by atoms with Crippen LogP contribution >= 0.6 is 15.9 Å². The summed E-state index contributed by atoms with van der Waals surface area (Å²) in [6, 6.07) is 18.7. The van der Waals surface area contributed by atoms with Gasteiger partial charge in [0.05, 0.1) is 11.6 Å². The summed E-state index contributed by atoms with van der Waals surface area (Å²) < 4.78 is 8.41. The number of methoxy groups -OCH3 is 1. The van der Waals surface area contributed by atoms with Crippen molar-refractivity contribution >= 4 is 39.0 Å². The molecule has 23 heavy (non-hydrogen) atoms. The molecule has 0 atom stereocenters. The van der Waals surface area contributed by atoms with Crippen LogP contribution in [0.25, 0.3) is 23.1 Å². The van der Waals surface area contributed by atoms with Crippen molar-refractivity contribution in [1.82, 2.24) is 0 Å². The van der Waals surface area contributed by atoms with Crippen LogP contribution < -0.4 is 33.3 Å². The van der Waals surface area contributed by atoms with Gasteiger partial charge in [0, 0.05) is 23.6 Å². The maximum atomic E-state index is 5.25. The number of para-hydroxylation sites is 1. The topological polar surface area (TPSA) is 13.1 Å². The van der Waals surface area contributed by atoms with E-state index >= 15 is 0 Å². The predicted octanol–water partition coefficient (Wildman–Crippen LogP) is 1.61. The van der Waals surface area contributed by atoms with E-state index in [4.69, 9.17) is 4.74 Å². The maximum absolute atomic E-state index is 5.25. The quantitative estimate of drug-likeness (QED) is 0.409. The molecule has 0 saturated heterocycles. The fourth-order valence-electron chi connectivity index (χ4n) is 2.50. The van der Waals surface area contributed by atoms with Crippen molar-refractivity contribution in [2.45, 2.75) is 0 Å².